The maximum absolute atomic E-state index is 12.8. The van der Waals surface area contributed by atoms with Crippen LogP contribution in [0.5, 0.6) is 0 Å². The topological polar surface area (TPSA) is 51.5 Å². The van der Waals surface area contributed by atoms with E-state index in [0.29, 0.717) is 5.39 Å². The van der Waals surface area contributed by atoms with Crippen LogP contribution in [0, 0.1) is 6.92 Å². The van der Waals surface area contributed by atoms with Gasteiger partial charge in [0, 0.05) is 31.7 Å². The Hall–Kier alpha value is -2.92. The number of carbonyl (C=O) groups excluding carboxylic acids is 1. The lowest BCUT2D eigenvalue weighted by atomic mass is 9.94. The van der Waals surface area contributed by atoms with Crippen LogP contribution in [0.3, 0.4) is 0 Å². The summed E-state index contributed by atoms with van der Waals surface area (Å²) in [5.41, 5.74) is 6.59. The summed E-state index contributed by atoms with van der Waals surface area (Å²) < 4.78 is 6.58. The van der Waals surface area contributed by atoms with E-state index in [0.717, 1.165) is 35.3 Å². The minimum atomic E-state index is -0.609. The van der Waals surface area contributed by atoms with E-state index in [1.54, 1.807) is 6.20 Å². The number of aryl methyl sites for hydroxylation is 2. The van der Waals surface area contributed by atoms with E-state index >= 15 is 0 Å². The molecular formula is C22H22N2O3. The molecule has 0 unspecified atom stereocenters. The molecule has 0 spiro atoms. The van der Waals surface area contributed by atoms with E-state index in [1.165, 1.54) is 18.2 Å². The number of hydrogen-bond donors (Lipinski definition) is 0. The van der Waals surface area contributed by atoms with Crippen LogP contribution in [-0.2, 0) is 24.9 Å². The van der Waals surface area contributed by atoms with Crippen molar-refractivity contribution in [2.75, 3.05) is 14.2 Å². The van der Waals surface area contributed by atoms with Gasteiger partial charge >= 0.3 is 5.97 Å². The molecule has 0 N–H and O–H groups in total. The Morgan fingerprint density at radius 1 is 1.07 bits per heavy atom. The monoisotopic (exact) mass is 362 g/mol. The van der Waals surface area contributed by atoms with Crippen molar-refractivity contribution in [3.63, 3.8) is 0 Å². The summed E-state index contributed by atoms with van der Waals surface area (Å²) in [6.45, 7) is 3.96. The Labute approximate surface area is 157 Å². The van der Waals surface area contributed by atoms with E-state index in [-0.39, 0.29) is 11.0 Å². The molecule has 0 saturated carbocycles. The molecule has 0 amide bonds. The second kappa shape index (κ2) is 6.35. The molecule has 0 saturated heterocycles. The number of hydrogen-bond acceptors (Lipinski definition) is 4. The highest BCUT2D eigenvalue weighted by atomic mass is 16.5. The fourth-order valence-corrected chi connectivity index (χ4v) is 4.10. The van der Waals surface area contributed by atoms with Gasteiger partial charge in [-0.15, -0.1) is 0 Å². The summed E-state index contributed by atoms with van der Waals surface area (Å²) in [6.07, 6.45) is 1.56. The van der Waals surface area contributed by atoms with Crippen molar-refractivity contribution in [1.29, 1.82) is 0 Å². The lowest BCUT2D eigenvalue weighted by Gasteiger charge is -2.15. The first-order valence-electron chi connectivity index (χ1n) is 8.92. The zero-order valence-electron chi connectivity index (χ0n) is 16.0. The Balaban J connectivity index is 1.91. The van der Waals surface area contributed by atoms with Gasteiger partial charge in [-0.1, -0.05) is 18.2 Å². The van der Waals surface area contributed by atoms with Crippen LogP contribution in [0.1, 0.15) is 27.0 Å². The van der Waals surface area contributed by atoms with E-state index in [2.05, 4.69) is 30.1 Å². The molecule has 0 fully saturated rings. The van der Waals surface area contributed by atoms with E-state index in [9.17, 15) is 9.59 Å². The van der Waals surface area contributed by atoms with Crippen LogP contribution in [-0.4, -0.2) is 29.6 Å². The molecule has 0 aliphatic carbocycles. The Kier molecular flexibility index (Phi) is 4.12. The molecule has 2 heterocycles. The predicted molar refractivity (Wildman–Crippen MR) is 106 cm³/mol. The highest BCUT2D eigenvalue weighted by molar-refractivity contribution is 5.96. The average Bonchev–Trinajstić information content (AvgIpc) is 3.02. The highest BCUT2D eigenvalue weighted by Gasteiger charge is 2.19. The maximum atomic E-state index is 12.8. The van der Waals surface area contributed by atoms with Crippen molar-refractivity contribution < 1.29 is 9.53 Å². The lowest BCUT2D eigenvalue weighted by molar-refractivity contribution is 0.0598. The minimum Gasteiger partial charge on any atom is -0.465 e. The normalized spacial score (nSPS) is 13.8. The number of aromatic nitrogens is 1. The second-order valence-electron chi connectivity index (χ2n) is 7.26. The third-order valence-corrected chi connectivity index (χ3v) is 5.40. The number of methoxy groups -OCH3 is 1. The molecule has 1 aromatic heterocycles. The van der Waals surface area contributed by atoms with Crippen LogP contribution in [0.25, 0.3) is 22.0 Å². The summed E-state index contributed by atoms with van der Waals surface area (Å²) in [4.78, 5) is 26.9. The largest absolute Gasteiger partial charge is 0.465 e. The third kappa shape index (κ3) is 2.75. The van der Waals surface area contributed by atoms with Crippen LogP contribution in [0.2, 0.25) is 0 Å². The van der Waals surface area contributed by atoms with E-state index < -0.39 is 5.97 Å². The van der Waals surface area contributed by atoms with E-state index in [1.807, 2.05) is 30.7 Å². The van der Waals surface area contributed by atoms with Crippen LogP contribution < -0.4 is 5.43 Å². The first kappa shape index (κ1) is 17.5. The van der Waals surface area contributed by atoms with Gasteiger partial charge in [0.25, 0.3) is 0 Å². The number of rotatable bonds is 2. The summed E-state index contributed by atoms with van der Waals surface area (Å²) >= 11 is 0. The van der Waals surface area contributed by atoms with Gasteiger partial charge in [0.15, 0.2) is 0 Å². The van der Waals surface area contributed by atoms with Gasteiger partial charge < -0.3 is 9.30 Å². The van der Waals surface area contributed by atoms with Crippen molar-refractivity contribution in [2.24, 2.45) is 7.05 Å². The van der Waals surface area contributed by atoms with Crippen LogP contribution in [0.4, 0.5) is 0 Å². The molecule has 1 aliphatic rings. The second-order valence-corrected chi connectivity index (χ2v) is 7.26. The molecule has 27 heavy (non-hydrogen) atoms. The maximum Gasteiger partial charge on any atom is 0.343 e. The molecule has 1 aliphatic heterocycles. The van der Waals surface area contributed by atoms with Gasteiger partial charge in [0.05, 0.1) is 12.6 Å². The van der Waals surface area contributed by atoms with Gasteiger partial charge in [0.1, 0.15) is 5.56 Å². The number of pyridine rings is 1. The van der Waals surface area contributed by atoms with Crippen LogP contribution >= 0.6 is 0 Å². The third-order valence-electron chi connectivity index (χ3n) is 5.40. The van der Waals surface area contributed by atoms with Crippen molar-refractivity contribution >= 4 is 16.9 Å². The van der Waals surface area contributed by atoms with Gasteiger partial charge in [-0.3, -0.25) is 9.69 Å². The molecule has 3 aromatic rings. The molecule has 138 valence electrons. The number of carbonyl (C=O) groups is 1. The average molecular weight is 362 g/mol. The van der Waals surface area contributed by atoms with Crippen molar-refractivity contribution in [1.82, 2.24) is 9.47 Å². The first-order chi connectivity index (χ1) is 12.9. The minimum absolute atomic E-state index is 0.0558. The Bertz CT molecular complexity index is 1140. The van der Waals surface area contributed by atoms with E-state index in [4.69, 9.17) is 4.74 Å². The molecule has 4 rings (SSSR count). The predicted octanol–water partition coefficient (Wildman–Crippen LogP) is 3.25. The number of benzene rings is 2. The van der Waals surface area contributed by atoms with Gasteiger partial charge in [0.2, 0.25) is 5.43 Å². The summed E-state index contributed by atoms with van der Waals surface area (Å²) in [7, 11) is 5.25. The molecule has 5 heteroatoms. The molecule has 0 bridgehead atoms. The number of ether oxygens (including phenoxy) is 1. The lowest BCUT2D eigenvalue weighted by Crippen LogP contribution is -2.19. The smallest absolute Gasteiger partial charge is 0.343 e. The van der Waals surface area contributed by atoms with Crippen LogP contribution in [0.15, 0.2) is 41.3 Å². The zero-order valence-corrected chi connectivity index (χ0v) is 16.0. The Morgan fingerprint density at radius 2 is 1.81 bits per heavy atom. The van der Waals surface area contributed by atoms with Crippen molar-refractivity contribution in [3.8, 4) is 11.1 Å². The quantitative estimate of drug-likeness (QED) is 0.657. The first-order valence-corrected chi connectivity index (χ1v) is 8.92. The summed E-state index contributed by atoms with van der Waals surface area (Å²) in [5, 5.41) is 0.530. The highest BCUT2D eigenvalue weighted by Crippen LogP contribution is 2.32. The zero-order chi connectivity index (χ0) is 19.3. The van der Waals surface area contributed by atoms with Crippen molar-refractivity contribution in [3.05, 3.63) is 69.0 Å². The van der Waals surface area contributed by atoms with Crippen molar-refractivity contribution in [2.45, 2.75) is 20.0 Å². The fraction of sp³-hybridized carbons (Fsp3) is 0.273. The number of esters is 1. The van der Waals surface area contributed by atoms with Gasteiger partial charge in [-0.2, -0.15) is 0 Å². The number of fused-ring (bicyclic) bond motifs is 2. The SMILES string of the molecule is COC(=O)c1cn(C)c2c(C)c(-c3ccc4c(c3)CN(C)C4)ccc2c1=O. The number of nitrogens with zero attached hydrogens (tertiary/aromatic N) is 2. The summed E-state index contributed by atoms with van der Waals surface area (Å²) in [5.74, 6) is -0.609. The molecule has 2 aromatic carbocycles. The Morgan fingerprint density at radius 3 is 2.56 bits per heavy atom. The summed E-state index contributed by atoms with van der Waals surface area (Å²) in [6, 6.07) is 10.4. The molecule has 5 nitrogen and oxygen atoms in total. The standard InChI is InChI=1S/C22H22N2O3/c1-13-17(14-5-6-15-10-23(2)11-16(15)9-14)7-8-18-20(13)24(3)12-19(21(18)25)22(26)27-4/h5-9,12H,10-11H2,1-4H3. The molecular weight excluding hydrogens is 340 g/mol. The van der Waals surface area contributed by atoms with Gasteiger partial charge in [-0.25, -0.2) is 4.79 Å². The molecule has 0 radical (unpaired) electrons. The van der Waals surface area contributed by atoms with Gasteiger partial charge in [-0.05, 0) is 53.9 Å². The fourth-order valence-electron chi connectivity index (χ4n) is 4.10. The molecule has 0 atom stereocenters.